The molecule has 4 N–H and O–H groups in total. The quantitative estimate of drug-likeness (QED) is 0.251. The molecule has 3 aromatic rings. The van der Waals surface area contributed by atoms with Crippen molar-refractivity contribution in [3.05, 3.63) is 71.0 Å². The van der Waals surface area contributed by atoms with E-state index in [9.17, 15) is 20.3 Å². The van der Waals surface area contributed by atoms with Gasteiger partial charge in [0.25, 0.3) is 5.91 Å². The molecule has 9 nitrogen and oxygen atoms in total. The zero-order chi connectivity index (χ0) is 25.2. The zero-order valence-electron chi connectivity index (χ0n) is 19.4. The van der Waals surface area contributed by atoms with E-state index in [0.29, 0.717) is 39.0 Å². The van der Waals surface area contributed by atoms with Crippen LogP contribution >= 0.6 is 11.8 Å². The molecule has 1 aromatic carbocycles. The second-order valence-corrected chi connectivity index (χ2v) is 8.39. The van der Waals surface area contributed by atoms with Gasteiger partial charge in [-0.1, -0.05) is 30.3 Å². The van der Waals surface area contributed by atoms with Crippen LogP contribution in [-0.4, -0.2) is 65.7 Å². The third-order valence-corrected chi connectivity index (χ3v) is 6.06. The SMILES string of the molecule is CN=Cc1c(NCC(O)CO)nc(SCc2ccnc(C(=O)NC)c2)c(C#N)c1-c1ccccc1. The van der Waals surface area contributed by atoms with Crippen LogP contribution in [0.15, 0.2) is 58.7 Å². The fourth-order valence-corrected chi connectivity index (χ4v) is 4.26. The fourth-order valence-electron chi connectivity index (χ4n) is 3.33. The van der Waals surface area contributed by atoms with Gasteiger partial charge in [-0.3, -0.25) is 14.8 Å². The van der Waals surface area contributed by atoms with Gasteiger partial charge in [0.05, 0.1) is 18.3 Å². The lowest BCUT2D eigenvalue weighted by Gasteiger charge is -2.18. The molecule has 2 heterocycles. The molecule has 1 atom stereocenters. The number of amides is 1. The van der Waals surface area contributed by atoms with E-state index in [-0.39, 0.29) is 12.5 Å². The summed E-state index contributed by atoms with van der Waals surface area (Å²) in [6.07, 6.45) is 2.21. The maximum absolute atomic E-state index is 11.9. The summed E-state index contributed by atoms with van der Waals surface area (Å²) in [5.74, 6) is 0.600. The number of benzene rings is 1. The number of rotatable bonds is 10. The topological polar surface area (TPSA) is 144 Å². The number of nitrogens with one attached hydrogen (secondary N) is 2. The van der Waals surface area contributed by atoms with Gasteiger partial charge in [0.1, 0.15) is 22.6 Å². The Morgan fingerprint density at radius 3 is 2.74 bits per heavy atom. The number of thioether (sulfide) groups is 1. The highest BCUT2D eigenvalue weighted by Gasteiger charge is 2.21. The predicted molar refractivity (Wildman–Crippen MR) is 137 cm³/mol. The van der Waals surface area contributed by atoms with Gasteiger partial charge in [-0.2, -0.15) is 5.26 Å². The van der Waals surface area contributed by atoms with E-state index in [0.717, 1.165) is 11.1 Å². The van der Waals surface area contributed by atoms with Crippen molar-refractivity contribution in [2.45, 2.75) is 16.9 Å². The first-order valence-electron chi connectivity index (χ1n) is 10.8. The van der Waals surface area contributed by atoms with E-state index in [1.165, 1.54) is 11.8 Å². The Kier molecular flexibility index (Phi) is 9.31. The summed E-state index contributed by atoms with van der Waals surface area (Å²) in [4.78, 5) is 24.9. The lowest BCUT2D eigenvalue weighted by Crippen LogP contribution is -2.24. The van der Waals surface area contributed by atoms with Gasteiger partial charge in [-0.25, -0.2) is 4.98 Å². The molecular formula is C25H26N6O3S. The molecule has 0 spiro atoms. The number of aliphatic hydroxyl groups is 2. The van der Waals surface area contributed by atoms with E-state index in [1.54, 1.807) is 38.6 Å². The molecule has 0 saturated carbocycles. The maximum Gasteiger partial charge on any atom is 0.269 e. The predicted octanol–water partition coefficient (Wildman–Crippen LogP) is 2.48. The van der Waals surface area contributed by atoms with Crippen molar-refractivity contribution in [1.29, 1.82) is 5.26 Å². The molecule has 0 aliphatic rings. The minimum Gasteiger partial charge on any atom is -0.394 e. The van der Waals surface area contributed by atoms with Crippen LogP contribution in [0.1, 0.15) is 27.2 Å². The van der Waals surface area contributed by atoms with Crippen molar-refractivity contribution in [3.8, 4) is 17.2 Å². The van der Waals surface area contributed by atoms with E-state index in [1.807, 2.05) is 30.3 Å². The van der Waals surface area contributed by atoms with Crippen molar-refractivity contribution in [1.82, 2.24) is 15.3 Å². The molecule has 3 rings (SSSR count). The van der Waals surface area contributed by atoms with Gasteiger partial charge in [-0.15, -0.1) is 11.8 Å². The molecule has 1 amide bonds. The minimum atomic E-state index is -0.977. The van der Waals surface area contributed by atoms with Crippen LogP contribution in [0.25, 0.3) is 11.1 Å². The van der Waals surface area contributed by atoms with Crippen molar-refractivity contribution < 1.29 is 15.0 Å². The van der Waals surface area contributed by atoms with E-state index in [2.05, 4.69) is 26.7 Å². The molecule has 180 valence electrons. The molecule has 0 aliphatic heterocycles. The Labute approximate surface area is 208 Å². The highest BCUT2D eigenvalue weighted by molar-refractivity contribution is 7.98. The van der Waals surface area contributed by atoms with Crippen LogP contribution < -0.4 is 10.6 Å². The van der Waals surface area contributed by atoms with Crippen LogP contribution in [0.2, 0.25) is 0 Å². The number of nitrogens with zero attached hydrogens (tertiary/aromatic N) is 4. The van der Waals surface area contributed by atoms with Crippen LogP contribution in [0.3, 0.4) is 0 Å². The van der Waals surface area contributed by atoms with Gasteiger partial charge in [0, 0.05) is 49.9 Å². The number of carbonyl (C=O) groups is 1. The number of nitriles is 1. The first kappa shape index (κ1) is 25.8. The standard InChI is InChI=1S/C25H26N6O3S/c1-27-13-20-22(17-6-4-3-5-7-17)19(11-26)25(31-23(20)30-12-18(33)14-32)35-15-16-8-9-29-21(10-16)24(34)28-2/h3-10,13,18,32-33H,12,14-15H2,1-2H3,(H,28,34)(H,30,31). The summed E-state index contributed by atoms with van der Waals surface area (Å²) in [7, 11) is 3.17. The van der Waals surface area contributed by atoms with Crippen molar-refractivity contribution in [2.24, 2.45) is 4.99 Å². The average molecular weight is 491 g/mol. The van der Waals surface area contributed by atoms with Crippen LogP contribution in [0, 0.1) is 11.3 Å². The van der Waals surface area contributed by atoms with Crippen molar-refractivity contribution in [2.75, 3.05) is 32.6 Å². The molecule has 0 radical (unpaired) electrons. The Hall–Kier alpha value is -3.78. The molecular weight excluding hydrogens is 464 g/mol. The first-order valence-corrected chi connectivity index (χ1v) is 11.8. The normalized spacial score (nSPS) is 11.7. The number of carbonyl (C=O) groups excluding carboxylic acids is 1. The molecule has 1 unspecified atom stereocenters. The van der Waals surface area contributed by atoms with Crippen LogP contribution in [0.5, 0.6) is 0 Å². The van der Waals surface area contributed by atoms with Gasteiger partial charge < -0.3 is 20.8 Å². The molecule has 2 aromatic heterocycles. The van der Waals surface area contributed by atoms with E-state index < -0.39 is 12.7 Å². The summed E-state index contributed by atoms with van der Waals surface area (Å²) in [6.45, 7) is -0.332. The fraction of sp³-hybridized carbons (Fsp3) is 0.240. The summed E-state index contributed by atoms with van der Waals surface area (Å²) in [5, 5.41) is 35.4. The third-order valence-electron chi connectivity index (χ3n) is 5.01. The second-order valence-electron chi connectivity index (χ2n) is 7.43. The largest absolute Gasteiger partial charge is 0.394 e. The smallest absolute Gasteiger partial charge is 0.269 e. The van der Waals surface area contributed by atoms with Gasteiger partial charge in [0.2, 0.25) is 0 Å². The van der Waals surface area contributed by atoms with Gasteiger partial charge in [0.15, 0.2) is 0 Å². The molecule has 10 heteroatoms. The third kappa shape index (κ3) is 6.42. The average Bonchev–Trinajstić information content (AvgIpc) is 2.91. The molecule has 0 bridgehead atoms. The summed E-state index contributed by atoms with van der Waals surface area (Å²) in [5.41, 5.74) is 3.64. The summed E-state index contributed by atoms with van der Waals surface area (Å²) in [6, 6.07) is 15.3. The number of anilines is 1. The monoisotopic (exact) mass is 490 g/mol. The highest BCUT2D eigenvalue weighted by Crippen LogP contribution is 2.37. The van der Waals surface area contributed by atoms with E-state index in [4.69, 9.17) is 4.98 Å². The lowest BCUT2D eigenvalue weighted by molar-refractivity contribution is 0.0958. The molecule has 0 aliphatic carbocycles. The Morgan fingerprint density at radius 2 is 2.09 bits per heavy atom. The zero-order valence-corrected chi connectivity index (χ0v) is 20.2. The highest BCUT2D eigenvalue weighted by atomic mass is 32.2. The number of hydrogen-bond acceptors (Lipinski definition) is 9. The number of hydrogen-bond donors (Lipinski definition) is 4. The Bertz CT molecular complexity index is 1240. The Balaban J connectivity index is 2.09. The van der Waals surface area contributed by atoms with Gasteiger partial charge in [-0.05, 0) is 23.3 Å². The van der Waals surface area contributed by atoms with E-state index >= 15 is 0 Å². The number of pyridine rings is 2. The molecule has 35 heavy (non-hydrogen) atoms. The second kappa shape index (κ2) is 12.6. The molecule has 0 saturated heterocycles. The molecule has 0 fully saturated rings. The van der Waals surface area contributed by atoms with Crippen molar-refractivity contribution >= 4 is 29.7 Å². The van der Waals surface area contributed by atoms with Crippen molar-refractivity contribution in [3.63, 3.8) is 0 Å². The Morgan fingerprint density at radius 1 is 1.31 bits per heavy atom. The lowest BCUT2D eigenvalue weighted by atomic mass is 9.96. The summed E-state index contributed by atoms with van der Waals surface area (Å²) < 4.78 is 0. The number of aliphatic imine (C=N–C) groups is 1. The maximum atomic E-state index is 11.9. The number of aliphatic hydroxyl groups excluding tert-OH is 2. The summed E-state index contributed by atoms with van der Waals surface area (Å²) >= 11 is 1.35. The van der Waals surface area contributed by atoms with Crippen LogP contribution in [-0.2, 0) is 5.75 Å². The number of aromatic nitrogens is 2. The first-order chi connectivity index (χ1) is 17.0. The van der Waals surface area contributed by atoms with Gasteiger partial charge >= 0.3 is 0 Å². The minimum absolute atomic E-state index is 0.0676. The van der Waals surface area contributed by atoms with Crippen LogP contribution in [0.4, 0.5) is 5.82 Å².